The number of rotatable bonds is 2. The zero-order valence-corrected chi connectivity index (χ0v) is 8.48. The minimum absolute atomic E-state index is 0.147. The van der Waals surface area contributed by atoms with Crippen LogP contribution in [-0.2, 0) is 0 Å². The van der Waals surface area contributed by atoms with Gasteiger partial charge in [-0.05, 0) is 30.3 Å². The van der Waals surface area contributed by atoms with E-state index in [0.717, 1.165) is 6.07 Å². The minimum Gasteiger partial charge on any atom is -0.475 e. The topological polar surface area (TPSA) is 74.2 Å². The number of nitriles is 1. The Kier molecular flexibility index (Phi) is 2.63. The average molecular weight is 231 g/mol. The van der Waals surface area contributed by atoms with Crippen LogP contribution in [0.15, 0.2) is 34.7 Å². The summed E-state index contributed by atoms with van der Waals surface area (Å²) in [6.07, 6.45) is 0. The maximum Gasteiger partial charge on any atom is 0.371 e. The molecule has 0 saturated heterocycles. The van der Waals surface area contributed by atoms with Gasteiger partial charge in [-0.1, -0.05) is 0 Å². The molecule has 84 valence electrons. The van der Waals surface area contributed by atoms with E-state index in [-0.39, 0.29) is 17.1 Å². The van der Waals surface area contributed by atoms with Gasteiger partial charge in [0.15, 0.2) is 0 Å². The number of hydrogen-bond donors (Lipinski definition) is 1. The van der Waals surface area contributed by atoms with Gasteiger partial charge in [0.25, 0.3) is 0 Å². The van der Waals surface area contributed by atoms with Crippen LogP contribution in [0.4, 0.5) is 4.39 Å². The number of carbonyl (C=O) groups is 1. The molecule has 0 aliphatic carbocycles. The SMILES string of the molecule is N#Cc1cc(F)cc(-c2ccc(C(=O)O)o2)c1. The fourth-order valence-electron chi connectivity index (χ4n) is 1.40. The monoisotopic (exact) mass is 231 g/mol. The Hall–Kier alpha value is -2.61. The van der Waals surface area contributed by atoms with E-state index in [1.807, 2.05) is 6.07 Å². The number of nitrogens with zero attached hydrogens (tertiary/aromatic N) is 1. The third-order valence-electron chi connectivity index (χ3n) is 2.13. The highest BCUT2D eigenvalue weighted by Gasteiger charge is 2.11. The molecule has 0 fully saturated rings. The fourth-order valence-corrected chi connectivity index (χ4v) is 1.40. The van der Waals surface area contributed by atoms with Crippen molar-refractivity contribution in [3.05, 3.63) is 47.5 Å². The van der Waals surface area contributed by atoms with Crippen molar-refractivity contribution < 1.29 is 18.7 Å². The van der Waals surface area contributed by atoms with Crippen molar-refractivity contribution in [2.24, 2.45) is 0 Å². The molecule has 0 unspecified atom stereocenters. The lowest BCUT2D eigenvalue weighted by molar-refractivity contribution is 0.0663. The third kappa shape index (κ3) is 2.16. The molecule has 0 aliphatic heterocycles. The fraction of sp³-hybridized carbons (Fsp3) is 0. The lowest BCUT2D eigenvalue weighted by Gasteiger charge is -1.98. The molecule has 0 bridgehead atoms. The average Bonchev–Trinajstić information content (AvgIpc) is 2.77. The van der Waals surface area contributed by atoms with Crippen LogP contribution in [0.3, 0.4) is 0 Å². The Bertz CT molecular complexity index is 625. The van der Waals surface area contributed by atoms with Crippen LogP contribution in [-0.4, -0.2) is 11.1 Å². The molecule has 17 heavy (non-hydrogen) atoms. The van der Waals surface area contributed by atoms with Crippen LogP contribution in [0.25, 0.3) is 11.3 Å². The van der Waals surface area contributed by atoms with Crippen molar-refractivity contribution in [2.75, 3.05) is 0 Å². The third-order valence-corrected chi connectivity index (χ3v) is 2.13. The summed E-state index contributed by atoms with van der Waals surface area (Å²) in [6, 6.07) is 8.18. The summed E-state index contributed by atoms with van der Waals surface area (Å²) in [5.41, 5.74) is 0.474. The predicted molar refractivity (Wildman–Crippen MR) is 55.8 cm³/mol. The number of carboxylic acids is 1. The van der Waals surface area contributed by atoms with E-state index >= 15 is 0 Å². The summed E-state index contributed by atoms with van der Waals surface area (Å²) in [5.74, 6) is -1.80. The van der Waals surface area contributed by atoms with E-state index in [1.165, 1.54) is 24.3 Å². The van der Waals surface area contributed by atoms with E-state index in [2.05, 4.69) is 0 Å². The summed E-state index contributed by atoms with van der Waals surface area (Å²) in [5, 5.41) is 17.4. The van der Waals surface area contributed by atoms with Crippen molar-refractivity contribution in [3.8, 4) is 17.4 Å². The first-order chi connectivity index (χ1) is 8.10. The first-order valence-corrected chi connectivity index (χ1v) is 4.64. The van der Waals surface area contributed by atoms with Gasteiger partial charge in [-0.25, -0.2) is 9.18 Å². The maximum absolute atomic E-state index is 13.2. The standard InChI is InChI=1S/C12H6FNO3/c13-9-4-7(6-14)3-8(5-9)10-1-2-11(17-10)12(15)16/h1-5H,(H,15,16). The van der Waals surface area contributed by atoms with Crippen molar-refractivity contribution in [2.45, 2.75) is 0 Å². The molecule has 4 nitrogen and oxygen atoms in total. The first-order valence-electron chi connectivity index (χ1n) is 4.64. The Morgan fingerprint density at radius 1 is 1.35 bits per heavy atom. The molecule has 1 heterocycles. The van der Waals surface area contributed by atoms with Crippen LogP contribution in [0.2, 0.25) is 0 Å². The Balaban J connectivity index is 2.49. The number of furan rings is 1. The van der Waals surface area contributed by atoms with Crippen LogP contribution in [0.5, 0.6) is 0 Å². The molecular weight excluding hydrogens is 225 g/mol. The number of benzene rings is 1. The highest BCUT2D eigenvalue weighted by Crippen LogP contribution is 2.24. The molecule has 0 saturated carbocycles. The molecule has 0 amide bonds. The zero-order chi connectivity index (χ0) is 12.4. The van der Waals surface area contributed by atoms with Crippen molar-refractivity contribution in [1.29, 1.82) is 5.26 Å². The van der Waals surface area contributed by atoms with Gasteiger partial charge in [0.1, 0.15) is 11.6 Å². The van der Waals surface area contributed by atoms with Gasteiger partial charge in [0, 0.05) is 5.56 Å². The molecule has 2 rings (SSSR count). The summed E-state index contributed by atoms with van der Waals surface area (Å²) in [7, 11) is 0. The van der Waals surface area contributed by atoms with E-state index in [9.17, 15) is 9.18 Å². The second-order valence-electron chi connectivity index (χ2n) is 3.31. The number of hydrogen-bond acceptors (Lipinski definition) is 3. The quantitative estimate of drug-likeness (QED) is 0.862. The summed E-state index contributed by atoms with van der Waals surface area (Å²) < 4.78 is 18.2. The number of aromatic carboxylic acids is 1. The molecule has 1 aromatic carbocycles. The summed E-state index contributed by atoms with van der Waals surface area (Å²) in [6.45, 7) is 0. The Labute approximate surface area is 95.5 Å². The smallest absolute Gasteiger partial charge is 0.371 e. The molecule has 0 atom stereocenters. The van der Waals surface area contributed by atoms with Gasteiger partial charge in [0.05, 0.1) is 11.6 Å². The maximum atomic E-state index is 13.2. The normalized spacial score (nSPS) is 9.88. The van der Waals surface area contributed by atoms with Crippen LogP contribution < -0.4 is 0 Å². The molecule has 1 aromatic heterocycles. The van der Waals surface area contributed by atoms with Gasteiger partial charge < -0.3 is 9.52 Å². The van der Waals surface area contributed by atoms with Crippen LogP contribution in [0, 0.1) is 17.1 Å². The zero-order valence-electron chi connectivity index (χ0n) is 8.48. The summed E-state index contributed by atoms with van der Waals surface area (Å²) >= 11 is 0. The second kappa shape index (κ2) is 4.10. The Morgan fingerprint density at radius 2 is 2.12 bits per heavy atom. The first kappa shape index (κ1) is 10.9. The van der Waals surface area contributed by atoms with Crippen molar-refractivity contribution >= 4 is 5.97 Å². The van der Waals surface area contributed by atoms with Gasteiger partial charge in [-0.2, -0.15) is 5.26 Å². The van der Waals surface area contributed by atoms with Crippen molar-refractivity contribution in [1.82, 2.24) is 0 Å². The molecule has 0 radical (unpaired) electrons. The highest BCUT2D eigenvalue weighted by molar-refractivity contribution is 5.85. The predicted octanol–water partition coefficient (Wildman–Crippen LogP) is 2.66. The van der Waals surface area contributed by atoms with E-state index in [4.69, 9.17) is 14.8 Å². The Morgan fingerprint density at radius 3 is 2.71 bits per heavy atom. The minimum atomic E-state index is -1.20. The lowest BCUT2D eigenvalue weighted by Crippen LogP contribution is -1.91. The molecule has 0 aliphatic rings. The molecule has 2 aromatic rings. The molecule has 5 heteroatoms. The van der Waals surface area contributed by atoms with Crippen LogP contribution >= 0.6 is 0 Å². The van der Waals surface area contributed by atoms with Crippen molar-refractivity contribution in [3.63, 3.8) is 0 Å². The molecule has 0 spiro atoms. The van der Waals surface area contributed by atoms with E-state index < -0.39 is 11.8 Å². The lowest BCUT2D eigenvalue weighted by atomic mass is 10.1. The van der Waals surface area contributed by atoms with E-state index in [0.29, 0.717) is 5.56 Å². The number of carboxylic acid groups (broad SMARTS) is 1. The summed E-state index contributed by atoms with van der Waals surface area (Å²) in [4.78, 5) is 10.6. The largest absolute Gasteiger partial charge is 0.475 e. The van der Waals surface area contributed by atoms with Gasteiger partial charge in [-0.15, -0.1) is 0 Å². The second-order valence-corrected chi connectivity index (χ2v) is 3.31. The van der Waals surface area contributed by atoms with Gasteiger partial charge >= 0.3 is 5.97 Å². The van der Waals surface area contributed by atoms with Gasteiger partial charge in [0.2, 0.25) is 5.76 Å². The highest BCUT2D eigenvalue weighted by atomic mass is 19.1. The number of halogens is 1. The molecule has 1 N–H and O–H groups in total. The molecular formula is C12H6FNO3. The van der Waals surface area contributed by atoms with E-state index in [1.54, 1.807) is 0 Å². The van der Waals surface area contributed by atoms with Gasteiger partial charge in [-0.3, -0.25) is 0 Å². The van der Waals surface area contributed by atoms with Crippen LogP contribution in [0.1, 0.15) is 16.1 Å².